The largest absolute Gasteiger partial charge is 0.393 e. The van der Waals surface area contributed by atoms with Crippen LogP contribution in [0.15, 0.2) is 48.5 Å². The van der Waals surface area contributed by atoms with E-state index in [9.17, 15) is 14.7 Å². The van der Waals surface area contributed by atoms with Crippen LogP contribution in [0.5, 0.6) is 0 Å². The van der Waals surface area contributed by atoms with E-state index in [4.69, 9.17) is 5.11 Å². The highest BCUT2D eigenvalue weighted by Crippen LogP contribution is 2.33. The zero-order valence-electron chi connectivity index (χ0n) is 18.3. The number of aliphatic hydroxyl groups excluding tert-OH is 2. The second-order valence-corrected chi connectivity index (χ2v) is 8.36. The smallest absolute Gasteiger partial charge is 0.164 e. The fraction of sp³-hybridized carbons (Fsp3) is 0.357. The van der Waals surface area contributed by atoms with E-state index in [-0.39, 0.29) is 12.2 Å². The van der Waals surface area contributed by atoms with E-state index in [1.165, 1.54) is 31.7 Å². The molecular formula is C28H28O4. The van der Waals surface area contributed by atoms with Crippen molar-refractivity contribution in [1.29, 1.82) is 0 Å². The molecule has 0 unspecified atom stereocenters. The third-order valence-electron chi connectivity index (χ3n) is 5.73. The van der Waals surface area contributed by atoms with Crippen LogP contribution in [-0.2, 0) is 11.2 Å². The summed E-state index contributed by atoms with van der Waals surface area (Å²) in [7, 11) is 0. The summed E-state index contributed by atoms with van der Waals surface area (Å²) in [5.41, 5.74) is 3.44. The molecule has 164 valence electrons. The zero-order chi connectivity index (χ0) is 22.9. The predicted molar refractivity (Wildman–Crippen MR) is 124 cm³/mol. The number of rotatable bonds is 9. The Labute approximate surface area is 189 Å². The monoisotopic (exact) mass is 428 g/mol. The van der Waals surface area contributed by atoms with Gasteiger partial charge >= 0.3 is 0 Å². The maximum Gasteiger partial charge on any atom is 0.164 e. The zero-order valence-corrected chi connectivity index (χ0v) is 18.3. The average Bonchev–Trinajstić information content (AvgIpc) is 3.64. The molecule has 1 saturated carbocycles. The van der Waals surface area contributed by atoms with Gasteiger partial charge in [0.25, 0.3) is 0 Å². The van der Waals surface area contributed by atoms with Gasteiger partial charge in [0.05, 0.1) is 12.0 Å². The van der Waals surface area contributed by atoms with Gasteiger partial charge in [0, 0.05) is 23.1 Å². The van der Waals surface area contributed by atoms with Crippen molar-refractivity contribution in [2.75, 3.05) is 6.61 Å². The summed E-state index contributed by atoms with van der Waals surface area (Å²) < 4.78 is 0. The van der Waals surface area contributed by atoms with Crippen LogP contribution in [0, 0.1) is 35.5 Å². The summed E-state index contributed by atoms with van der Waals surface area (Å²) in [4.78, 5) is 24.1. The lowest BCUT2D eigenvalue weighted by Gasteiger charge is -2.16. The van der Waals surface area contributed by atoms with E-state index in [0.29, 0.717) is 5.56 Å². The molecule has 0 saturated heterocycles. The fourth-order valence-corrected chi connectivity index (χ4v) is 3.47. The van der Waals surface area contributed by atoms with Crippen molar-refractivity contribution >= 4 is 11.6 Å². The van der Waals surface area contributed by atoms with Crippen molar-refractivity contribution in [3.8, 4) is 23.7 Å². The van der Waals surface area contributed by atoms with Crippen molar-refractivity contribution in [2.45, 2.75) is 45.1 Å². The van der Waals surface area contributed by atoms with Crippen molar-refractivity contribution in [2.24, 2.45) is 11.8 Å². The van der Waals surface area contributed by atoms with Crippen LogP contribution >= 0.6 is 0 Å². The topological polar surface area (TPSA) is 74.6 Å². The molecule has 0 aliphatic heterocycles. The van der Waals surface area contributed by atoms with Crippen LogP contribution in [0.2, 0.25) is 0 Å². The molecule has 1 aliphatic carbocycles. The van der Waals surface area contributed by atoms with Gasteiger partial charge < -0.3 is 10.2 Å². The lowest BCUT2D eigenvalue weighted by molar-refractivity contribution is -0.128. The standard InChI is InChI=1S/C28H28O4/c1-20(30)26(28(32)19-29)18-27(31)25-16-14-22(15-17-25)5-3-2-4-21-6-8-23(9-7-21)10-11-24-12-13-24/h6-9,14-17,20,24,26,29-30H,10-13,18-19H2,1H3/t20-,26+/m1/s1. The number of aryl methyl sites for hydroxylation is 1. The second kappa shape index (κ2) is 11.4. The van der Waals surface area contributed by atoms with Crippen LogP contribution in [0.4, 0.5) is 0 Å². The molecule has 0 radical (unpaired) electrons. The Morgan fingerprint density at radius 2 is 1.53 bits per heavy atom. The van der Waals surface area contributed by atoms with Gasteiger partial charge in [0.1, 0.15) is 6.61 Å². The number of hydrogen-bond donors (Lipinski definition) is 2. The molecule has 1 fully saturated rings. The number of aliphatic hydroxyl groups is 2. The predicted octanol–water partition coefficient (Wildman–Crippen LogP) is 3.56. The highest BCUT2D eigenvalue weighted by atomic mass is 16.3. The van der Waals surface area contributed by atoms with Gasteiger partial charge in [-0.3, -0.25) is 9.59 Å². The molecule has 3 rings (SSSR count). The third-order valence-corrected chi connectivity index (χ3v) is 5.73. The Morgan fingerprint density at radius 3 is 2.03 bits per heavy atom. The van der Waals surface area contributed by atoms with Gasteiger partial charge in [-0.25, -0.2) is 0 Å². The molecule has 4 heteroatoms. The van der Waals surface area contributed by atoms with Gasteiger partial charge in [0.15, 0.2) is 11.6 Å². The number of carbonyl (C=O) groups excluding carboxylic acids is 2. The molecule has 0 amide bonds. The minimum atomic E-state index is -0.999. The minimum Gasteiger partial charge on any atom is -0.393 e. The molecule has 32 heavy (non-hydrogen) atoms. The molecule has 2 aromatic carbocycles. The highest BCUT2D eigenvalue weighted by Gasteiger charge is 2.26. The number of hydrogen-bond acceptors (Lipinski definition) is 4. The summed E-state index contributed by atoms with van der Waals surface area (Å²) in [5, 5.41) is 18.7. The number of ketones is 2. The van der Waals surface area contributed by atoms with Gasteiger partial charge in [-0.05, 0) is 67.4 Å². The fourth-order valence-electron chi connectivity index (χ4n) is 3.47. The first kappa shape index (κ1) is 23.5. The van der Waals surface area contributed by atoms with Crippen LogP contribution in [0.3, 0.4) is 0 Å². The van der Waals surface area contributed by atoms with Gasteiger partial charge in [-0.2, -0.15) is 0 Å². The molecule has 0 heterocycles. The maximum absolute atomic E-state index is 12.4. The lowest BCUT2D eigenvalue weighted by atomic mass is 9.90. The van der Waals surface area contributed by atoms with Crippen molar-refractivity contribution in [3.05, 3.63) is 70.8 Å². The summed E-state index contributed by atoms with van der Waals surface area (Å²) >= 11 is 0. The van der Waals surface area contributed by atoms with E-state index in [1.54, 1.807) is 24.3 Å². The Balaban J connectivity index is 1.55. The average molecular weight is 429 g/mol. The Morgan fingerprint density at radius 1 is 0.969 bits per heavy atom. The first-order valence-electron chi connectivity index (χ1n) is 11.0. The van der Waals surface area contributed by atoms with Crippen molar-refractivity contribution in [1.82, 2.24) is 0 Å². The summed E-state index contributed by atoms with van der Waals surface area (Å²) in [5.74, 6) is 10.9. The van der Waals surface area contributed by atoms with Gasteiger partial charge in [-0.1, -0.05) is 48.9 Å². The van der Waals surface area contributed by atoms with E-state index < -0.39 is 24.4 Å². The quantitative estimate of drug-likeness (QED) is 0.473. The molecule has 2 atom stereocenters. The minimum absolute atomic E-state index is 0.146. The van der Waals surface area contributed by atoms with Crippen LogP contribution < -0.4 is 0 Å². The SMILES string of the molecule is C[C@@H](O)[C@H](CC(=O)c1ccc(C#CC#Cc2ccc(CCC3CC3)cc2)cc1)C(=O)CO. The van der Waals surface area contributed by atoms with Crippen LogP contribution in [0.25, 0.3) is 0 Å². The van der Waals surface area contributed by atoms with Crippen molar-refractivity contribution in [3.63, 3.8) is 0 Å². The molecule has 0 bridgehead atoms. The summed E-state index contributed by atoms with van der Waals surface area (Å²) in [6.45, 7) is 0.748. The Kier molecular flexibility index (Phi) is 8.40. The van der Waals surface area contributed by atoms with E-state index in [2.05, 4.69) is 35.8 Å². The third kappa shape index (κ3) is 7.20. The molecule has 2 aromatic rings. The molecular weight excluding hydrogens is 400 g/mol. The van der Waals surface area contributed by atoms with Gasteiger partial charge in [0.2, 0.25) is 0 Å². The first-order chi connectivity index (χ1) is 15.5. The van der Waals surface area contributed by atoms with Crippen LogP contribution in [-0.4, -0.2) is 34.5 Å². The number of carbonyl (C=O) groups is 2. The van der Waals surface area contributed by atoms with Gasteiger partial charge in [-0.15, -0.1) is 0 Å². The lowest BCUT2D eigenvalue weighted by Crippen LogP contribution is -2.30. The van der Waals surface area contributed by atoms with E-state index in [0.717, 1.165) is 23.5 Å². The van der Waals surface area contributed by atoms with E-state index >= 15 is 0 Å². The maximum atomic E-state index is 12.4. The molecule has 0 aromatic heterocycles. The normalized spacial score (nSPS) is 14.3. The van der Waals surface area contributed by atoms with Crippen molar-refractivity contribution < 1.29 is 19.8 Å². The van der Waals surface area contributed by atoms with E-state index in [1.807, 2.05) is 12.1 Å². The molecule has 0 spiro atoms. The highest BCUT2D eigenvalue weighted by molar-refractivity contribution is 5.99. The molecule has 4 nitrogen and oxygen atoms in total. The number of Topliss-reactive ketones (excluding diaryl/α,β-unsaturated/α-hetero) is 2. The summed E-state index contributed by atoms with van der Waals surface area (Å²) in [6.07, 6.45) is 4.04. The Hall–Kier alpha value is -3.18. The first-order valence-corrected chi connectivity index (χ1v) is 11.0. The second-order valence-electron chi connectivity index (χ2n) is 8.36. The Bertz CT molecular complexity index is 1050. The molecule has 1 aliphatic rings. The van der Waals surface area contributed by atoms with Crippen LogP contribution in [0.1, 0.15) is 59.7 Å². The molecule has 2 N–H and O–H groups in total. The summed E-state index contributed by atoms with van der Waals surface area (Å²) in [6, 6.07) is 15.0. The number of benzene rings is 2.